The number of rotatable bonds is 7. The molecular weight excluding hydrogens is 378 g/mol. The Morgan fingerprint density at radius 2 is 1.71 bits per heavy atom. The van der Waals surface area contributed by atoms with E-state index < -0.39 is 15.7 Å². The van der Waals surface area contributed by atoms with Gasteiger partial charge in [-0.25, -0.2) is 13.4 Å². The summed E-state index contributed by atoms with van der Waals surface area (Å²) in [5, 5.41) is -0.289. The van der Waals surface area contributed by atoms with Crippen molar-refractivity contribution in [2.24, 2.45) is 5.73 Å². The van der Waals surface area contributed by atoms with Crippen molar-refractivity contribution in [3.63, 3.8) is 0 Å². The molecule has 7 nitrogen and oxygen atoms in total. The molecule has 0 fully saturated rings. The molecule has 0 aliphatic heterocycles. The van der Waals surface area contributed by atoms with Gasteiger partial charge in [0.2, 0.25) is 26.8 Å². The molecule has 0 unspecified atom stereocenters. The third-order valence-corrected chi connectivity index (χ3v) is 4.85. The lowest BCUT2D eigenvalue weighted by Gasteiger charge is -2.12. The molecular formula is C20H19N3O4S. The lowest BCUT2D eigenvalue weighted by Crippen LogP contribution is -2.11. The van der Waals surface area contributed by atoms with Gasteiger partial charge < -0.3 is 10.5 Å². The summed E-state index contributed by atoms with van der Waals surface area (Å²) in [5.74, 6) is -0.294. The molecule has 0 atom stereocenters. The van der Waals surface area contributed by atoms with Crippen LogP contribution < -0.4 is 10.5 Å². The summed E-state index contributed by atoms with van der Waals surface area (Å²) in [6.07, 6.45) is 2.91. The maximum absolute atomic E-state index is 11.8. The number of nitrogens with zero attached hydrogens (tertiary/aromatic N) is 2. The molecule has 0 aliphatic rings. The number of sulfone groups is 1. The normalized spacial score (nSPS) is 11.2. The first kappa shape index (κ1) is 19.5. The van der Waals surface area contributed by atoms with E-state index in [9.17, 15) is 13.2 Å². The summed E-state index contributed by atoms with van der Waals surface area (Å²) in [6, 6.07) is 16.3. The minimum Gasteiger partial charge on any atom is -0.472 e. The number of benzene rings is 2. The van der Waals surface area contributed by atoms with Crippen LogP contribution in [-0.4, -0.2) is 30.5 Å². The highest BCUT2D eigenvalue weighted by Crippen LogP contribution is 2.22. The molecule has 0 aliphatic carbocycles. The van der Waals surface area contributed by atoms with Crippen LogP contribution >= 0.6 is 0 Å². The van der Waals surface area contributed by atoms with Crippen molar-refractivity contribution in [2.45, 2.75) is 18.2 Å². The number of nitrogens with two attached hydrogens (primary N) is 1. The van der Waals surface area contributed by atoms with Crippen molar-refractivity contribution in [2.75, 3.05) is 6.26 Å². The first-order valence-electron chi connectivity index (χ1n) is 8.44. The Labute approximate surface area is 163 Å². The van der Waals surface area contributed by atoms with Crippen LogP contribution in [0.15, 0.2) is 66.0 Å². The number of hydrogen-bond acceptors (Lipinski definition) is 6. The summed E-state index contributed by atoms with van der Waals surface area (Å²) in [6.45, 7) is 0.245. The molecule has 1 amide bonds. The second-order valence-electron chi connectivity index (χ2n) is 6.27. The summed E-state index contributed by atoms with van der Waals surface area (Å²) in [5.41, 5.74) is 8.11. The molecule has 0 saturated heterocycles. The standard InChI is InChI=1S/C20H19N3O4S/c1-28(25,26)20-22-12-17(11-14-7-9-16(10-8-14)18(21)24)19(23-20)27-13-15-5-3-2-4-6-15/h2-10,12H,11,13H2,1H3,(H2,21,24). The smallest absolute Gasteiger partial charge is 0.250 e. The van der Waals surface area contributed by atoms with Crippen molar-refractivity contribution >= 4 is 15.7 Å². The zero-order chi connectivity index (χ0) is 20.1. The van der Waals surface area contributed by atoms with Gasteiger partial charge in [0.25, 0.3) is 0 Å². The topological polar surface area (TPSA) is 112 Å². The maximum Gasteiger partial charge on any atom is 0.250 e. The van der Waals surface area contributed by atoms with Crippen molar-refractivity contribution in [1.29, 1.82) is 0 Å². The van der Waals surface area contributed by atoms with Crippen LogP contribution in [0.3, 0.4) is 0 Å². The van der Waals surface area contributed by atoms with Gasteiger partial charge in [-0.2, -0.15) is 4.98 Å². The van der Waals surface area contributed by atoms with Crippen molar-refractivity contribution in [1.82, 2.24) is 9.97 Å². The Bertz CT molecular complexity index is 1080. The molecule has 2 aromatic carbocycles. The van der Waals surface area contributed by atoms with E-state index in [-0.39, 0.29) is 17.6 Å². The van der Waals surface area contributed by atoms with Crippen LogP contribution in [0.4, 0.5) is 0 Å². The molecule has 28 heavy (non-hydrogen) atoms. The van der Waals surface area contributed by atoms with E-state index in [1.54, 1.807) is 24.3 Å². The van der Waals surface area contributed by atoms with Crippen molar-refractivity contribution in [3.8, 4) is 5.88 Å². The number of hydrogen-bond donors (Lipinski definition) is 1. The largest absolute Gasteiger partial charge is 0.472 e. The summed E-state index contributed by atoms with van der Waals surface area (Å²) < 4.78 is 29.4. The minimum atomic E-state index is -3.57. The van der Waals surface area contributed by atoms with E-state index in [0.29, 0.717) is 17.5 Å². The highest BCUT2D eigenvalue weighted by atomic mass is 32.2. The SMILES string of the molecule is CS(=O)(=O)c1ncc(Cc2ccc(C(N)=O)cc2)c(OCc2ccccc2)n1. The highest BCUT2D eigenvalue weighted by Gasteiger charge is 2.16. The lowest BCUT2D eigenvalue weighted by molar-refractivity contribution is 0.100. The zero-order valence-corrected chi connectivity index (χ0v) is 16.0. The Morgan fingerprint density at radius 3 is 2.32 bits per heavy atom. The van der Waals surface area contributed by atoms with Gasteiger partial charge in [-0.3, -0.25) is 4.79 Å². The average Bonchev–Trinajstić information content (AvgIpc) is 2.67. The molecule has 0 spiro atoms. The summed E-state index contributed by atoms with van der Waals surface area (Å²) in [4.78, 5) is 19.3. The van der Waals surface area contributed by atoms with Crippen LogP contribution in [-0.2, 0) is 22.9 Å². The first-order chi connectivity index (χ1) is 13.3. The fraction of sp³-hybridized carbons (Fsp3) is 0.150. The predicted molar refractivity (Wildman–Crippen MR) is 104 cm³/mol. The summed E-state index contributed by atoms with van der Waals surface area (Å²) in [7, 11) is -3.57. The van der Waals surface area contributed by atoms with Gasteiger partial charge >= 0.3 is 0 Å². The predicted octanol–water partition coefficient (Wildman–Crippen LogP) is 2.15. The third kappa shape index (κ3) is 4.92. The molecule has 0 radical (unpaired) electrons. The van der Waals surface area contributed by atoms with Crippen LogP contribution in [0.5, 0.6) is 5.88 Å². The van der Waals surface area contributed by atoms with Gasteiger partial charge in [0.1, 0.15) is 6.61 Å². The molecule has 144 valence electrons. The Hall–Kier alpha value is -3.26. The van der Waals surface area contributed by atoms with E-state index in [4.69, 9.17) is 10.5 Å². The van der Waals surface area contributed by atoms with Gasteiger partial charge in [0.15, 0.2) is 0 Å². The number of aromatic nitrogens is 2. The van der Waals surface area contributed by atoms with E-state index >= 15 is 0 Å². The van der Waals surface area contributed by atoms with Crippen LogP contribution in [0.25, 0.3) is 0 Å². The number of amides is 1. The van der Waals surface area contributed by atoms with Gasteiger partial charge in [0.05, 0.1) is 0 Å². The van der Waals surface area contributed by atoms with Crippen LogP contribution in [0, 0.1) is 0 Å². The molecule has 2 N–H and O–H groups in total. The molecule has 1 aromatic heterocycles. The molecule has 0 bridgehead atoms. The Balaban J connectivity index is 1.89. The van der Waals surface area contributed by atoms with Gasteiger partial charge in [0, 0.05) is 30.0 Å². The maximum atomic E-state index is 11.8. The Morgan fingerprint density at radius 1 is 1.04 bits per heavy atom. The zero-order valence-electron chi connectivity index (χ0n) is 15.2. The van der Waals surface area contributed by atoms with Crippen LogP contribution in [0.2, 0.25) is 0 Å². The fourth-order valence-electron chi connectivity index (χ4n) is 2.53. The van der Waals surface area contributed by atoms with Gasteiger partial charge in [-0.05, 0) is 23.3 Å². The molecule has 1 heterocycles. The average molecular weight is 397 g/mol. The van der Waals surface area contributed by atoms with E-state index in [0.717, 1.165) is 17.4 Å². The lowest BCUT2D eigenvalue weighted by atomic mass is 10.1. The highest BCUT2D eigenvalue weighted by molar-refractivity contribution is 7.90. The van der Waals surface area contributed by atoms with E-state index in [1.807, 2.05) is 30.3 Å². The Kier molecular flexibility index (Phi) is 5.70. The van der Waals surface area contributed by atoms with Gasteiger partial charge in [-0.1, -0.05) is 42.5 Å². The molecule has 0 saturated carbocycles. The molecule has 3 rings (SSSR count). The third-order valence-electron chi connectivity index (χ3n) is 3.99. The number of primary amides is 1. The van der Waals surface area contributed by atoms with Crippen molar-refractivity contribution < 1.29 is 17.9 Å². The van der Waals surface area contributed by atoms with Crippen LogP contribution in [0.1, 0.15) is 27.0 Å². The summed E-state index contributed by atoms with van der Waals surface area (Å²) >= 11 is 0. The molecule has 3 aromatic rings. The second kappa shape index (κ2) is 8.18. The minimum absolute atomic E-state index is 0.207. The quantitative estimate of drug-likeness (QED) is 0.611. The van der Waals surface area contributed by atoms with E-state index in [2.05, 4.69) is 9.97 Å². The van der Waals surface area contributed by atoms with Gasteiger partial charge in [-0.15, -0.1) is 0 Å². The number of ether oxygens (including phenoxy) is 1. The number of carbonyl (C=O) groups is 1. The first-order valence-corrected chi connectivity index (χ1v) is 10.3. The van der Waals surface area contributed by atoms with E-state index in [1.165, 1.54) is 6.20 Å². The molecule has 8 heteroatoms. The second-order valence-corrected chi connectivity index (χ2v) is 8.18. The fourth-order valence-corrected chi connectivity index (χ4v) is 3.03. The monoisotopic (exact) mass is 397 g/mol. The van der Waals surface area contributed by atoms with Crippen molar-refractivity contribution in [3.05, 3.63) is 83.0 Å². The number of carbonyl (C=O) groups excluding carboxylic acids is 1.